The smallest absolute Gasteiger partial charge is 0.0634 e. The van der Waals surface area contributed by atoms with Crippen LogP contribution in [0.25, 0.3) is 0 Å². The van der Waals surface area contributed by atoms with E-state index < -0.39 is 0 Å². The number of fused-ring (bicyclic) bond motifs is 1. The van der Waals surface area contributed by atoms with Crippen molar-refractivity contribution < 1.29 is 9.47 Å². The summed E-state index contributed by atoms with van der Waals surface area (Å²) >= 11 is 0. The highest BCUT2D eigenvalue weighted by atomic mass is 16.5. The van der Waals surface area contributed by atoms with Gasteiger partial charge in [-0.05, 0) is 51.9 Å². The van der Waals surface area contributed by atoms with Crippen molar-refractivity contribution in [3.8, 4) is 0 Å². The van der Waals surface area contributed by atoms with Crippen molar-refractivity contribution in [3.63, 3.8) is 0 Å². The molecular weight excluding hydrogens is 418 g/mol. The predicted octanol–water partition coefficient (Wildman–Crippen LogP) is -0.794. The van der Waals surface area contributed by atoms with Crippen LogP contribution in [0.5, 0.6) is 0 Å². The molecule has 6 saturated heterocycles. The Labute approximate surface area is 202 Å². The van der Waals surface area contributed by atoms with Crippen molar-refractivity contribution in [1.82, 2.24) is 36.8 Å². The zero-order chi connectivity index (χ0) is 23.1. The number of hydrogen-bond acceptors (Lipinski definition) is 9. The minimum atomic E-state index is 0.655. The van der Waals surface area contributed by atoms with Gasteiger partial charge in [-0.25, -0.2) is 0 Å². The molecule has 6 N–H and O–H groups in total. The van der Waals surface area contributed by atoms with Crippen LogP contribution in [0.4, 0.5) is 0 Å². The Bertz CT molecular complexity index is 308. The summed E-state index contributed by atoms with van der Waals surface area (Å²) in [5.41, 5.74) is 0. The summed E-state index contributed by atoms with van der Waals surface area (Å²) in [7, 11) is 0. The maximum Gasteiger partial charge on any atom is 0.0634 e. The van der Waals surface area contributed by atoms with Crippen molar-refractivity contribution in [2.24, 2.45) is 0 Å². The van der Waals surface area contributed by atoms with E-state index in [1.807, 2.05) is 0 Å². The van der Waals surface area contributed by atoms with Gasteiger partial charge < -0.3 is 41.4 Å². The van der Waals surface area contributed by atoms with Crippen LogP contribution in [0.3, 0.4) is 0 Å². The first-order valence-electron chi connectivity index (χ1n) is 13.6. The molecule has 6 aliphatic rings. The molecule has 0 aliphatic carbocycles. The molecule has 9 heteroatoms. The molecule has 1 atom stereocenters. The largest absolute Gasteiger partial charge is 0.379 e. The lowest BCUT2D eigenvalue weighted by Gasteiger charge is -2.39. The highest BCUT2D eigenvalue weighted by Crippen LogP contribution is 2.07. The highest BCUT2D eigenvalue weighted by Gasteiger charge is 2.24. The van der Waals surface area contributed by atoms with Gasteiger partial charge in [-0.3, -0.25) is 4.90 Å². The van der Waals surface area contributed by atoms with Gasteiger partial charge >= 0.3 is 0 Å². The molecule has 0 aromatic heterocycles. The minimum Gasteiger partial charge on any atom is -0.379 e. The van der Waals surface area contributed by atoms with Gasteiger partial charge in [0.05, 0.1) is 26.4 Å². The van der Waals surface area contributed by atoms with Crippen LogP contribution in [-0.4, -0.2) is 129 Å². The van der Waals surface area contributed by atoms with Crippen LogP contribution in [0, 0.1) is 0 Å². The molecule has 6 fully saturated rings. The number of ether oxygens (including phenoxy) is 2. The first-order chi connectivity index (χ1) is 16.5. The fourth-order valence-electron chi connectivity index (χ4n) is 4.21. The molecule has 0 spiro atoms. The standard InChI is InChI=1S/C7H14N2O.C5H11N.C4H10N2.C4H9NO.C4H9N/c1-2-9-3-4-10-6-7(9)5-8-1;1-2-4-6-5-3-1;1-2-6-4-3-5-1;1-3-6-4-2-5-1;1-2-4-5-3-1/h7-8H,1-6H2;6H,1-5H2;5-6H,1-4H2;5H,1-4H2;5H,1-4H2. The van der Waals surface area contributed by atoms with Crippen molar-refractivity contribution >= 4 is 0 Å². The molecule has 33 heavy (non-hydrogen) atoms. The number of nitrogens with zero attached hydrogens (tertiary/aromatic N) is 1. The van der Waals surface area contributed by atoms with Crippen molar-refractivity contribution in [3.05, 3.63) is 0 Å². The van der Waals surface area contributed by atoms with E-state index >= 15 is 0 Å². The third-order valence-corrected chi connectivity index (χ3v) is 6.27. The lowest BCUT2D eigenvalue weighted by molar-refractivity contribution is -0.0168. The maximum atomic E-state index is 5.36. The molecule has 0 aromatic rings. The van der Waals surface area contributed by atoms with Gasteiger partial charge in [0, 0.05) is 71.5 Å². The van der Waals surface area contributed by atoms with Crippen molar-refractivity contribution in [2.75, 3.05) is 118 Å². The maximum absolute atomic E-state index is 5.36. The van der Waals surface area contributed by atoms with E-state index in [0.29, 0.717) is 6.04 Å². The topological polar surface area (TPSA) is 93.9 Å². The molecule has 0 amide bonds. The second-order valence-corrected chi connectivity index (χ2v) is 9.10. The average Bonchev–Trinajstić information content (AvgIpc) is 3.54. The van der Waals surface area contributed by atoms with E-state index in [-0.39, 0.29) is 0 Å². The lowest BCUT2D eigenvalue weighted by atomic mass is 10.2. The van der Waals surface area contributed by atoms with Gasteiger partial charge in [-0.15, -0.1) is 0 Å². The first kappa shape index (κ1) is 28.9. The number of nitrogens with one attached hydrogen (secondary N) is 6. The summed E-state index contributed by atoms with van der Waals surface area (Å²) in [5, 5.41) is 19.5. The monoisotopic (exact) mass is 471 g/mol. The molecule has 0 saturated carbocycles. The summed E-state index contributed by atoms with van der Waals surface area (Å²) in [4.78, 5) is 2.51. The second kappa shape index (κ2) is 22.1. The Morgan fingerprint density at radius 3 is 1.39 bits per heavy atom. The van der Waals surface area contributed by atoms with E-state index in [0.717, 1.165) is 85.3 Å². The van der Waals surface area contributed by atoms with Crippen LogP contribution in [0.2, 0.25) is 0 Å². The number of hydrogen-bond donors (Lipinski definition) is 6. The zero-order valence-corrected chi connectivity index (χ0v) is 21.1. The lowest BCUT2D eigenvalue weighted by Crippen LogP contribution is -2.56. The summed E-state index contributed by atoms with van der Waals surface area (Å²) in [6, 6.07) is 0.655. The van der Waals surface area contributed by atoms with Gasteiger partial charge in [0.1, 0.15) is 0 Å². The van der Waals surface area contributed by atoms with Crippen LogP contribution >= 0.6 is 0 Å². The third kappa shape index (κ3) is 16.8. The molecule has 196 valence electrons. The van der Waals surface area contributed by atoms with Crippen LogP contribution < -0.4 is 31.9 Å². The Kier molecular flexibility index (Phi) is 19.4. The Balaban J connectivity index is 0.000000150. The van der Waals surface area contributed by atoms with E-state index in [4.69, 9.17) is 9.47 Å². The molecule has 0 bridgehead atoms. The SMILES string of the molecule is C1CCNC1.C1CCNCC1.C1CN2CCOCC2CN1.C1CNCCN1.C1COCCN1. The Morgan fingerprint density at radius 1 is 0.455 bits per heavy atom. The van der Waals surface area contributed by atoms with Crippen LogP contribution in [0.1, 0.15) is 32.1 Å². The number of morpholine rings is 2. The van der Waals surface area contributed by atoms with Crippen LogP contribution in [-0.2, 0) is 9.47 Å². The van der Waals surface area contributed by atoms with Crippen LogP contribution in [0.15, 0.2) is 0 Å². The third-order valence-electron chi connectivity index (χ3n) is 6.27. The van der Waals surface area contributed by atoms with Crippen molar-refractivity contribution in [1.29, 1.82) is 0 Å². The molecule has 6 aliphatic heterocycles. The normalized spacial score (nSPS) is 27.5. The predicted molar refractivity (Wildman–Crippen MR) is 137 cm³/mol. The second-order valence-electron chi connectivity index (χ2n) is 9.10. The number of piperazine rings is 2. The number of piperidine rings is 1. The fourth-order valence-corrected chi connectivity index (χ4v) is 4.21. The summed E-state index contributed by atoms with van der Waals surface area (Å²) in [6.07, 6.45) is 6.99. The Morgan fingerprint density at radius 2 is 1.00 bits per heavy atom. The number of rotatable bonds is 0. The summed E-state index contributed by atoms with van der Waals surface area (Å²) in [5.74, 6) is 0. The van der Waals surface area contributed by atoms with Gasteiger partial charge in [-0.2, -0.15) is 0 Å². The summed E-state index contributed by atoms with van der Waals surface area (Å²) in [6.45, 7) is 19.8. The van der Waals surface area contributed by atoms with Gasteiger partial charge in [-0.1, -0.05) is 6.42 Å². The minimum absolute atomic E-state index is 0.655. The molecule has 1 unspecified atom stereocenters. The molecule has 9 nitrogen and oxygen atoms in total. The van der Waals surface area contributed by atoms with E-state index in [2.05, 4.69) is 36.8 Å². The molecule has 0 radical (unpaired) electrons. The molecule has 0 aromatic carbocycles. The van der Waals surface area contributed by atoms with Crippen molar-refractivity contribution in [2.45, 2.75) is 38.1 Å². The first-order valence-corrected chi connectivity index (χ1v) is 13.6. The summed E-state index contributed by atoms with van der Waals surface area (Å²) < 4.78 is 10.4. The zero-order valence-electron chi connectivity index (χ0n) is 21.1. The van der Waals surface area contributed by atoms with Gasteiger partial charge in [0.15, 0.2) is 0 Å². The molecular formula is C24H53N7O2. The quantitative estimate of drug-likeness (QED) is 0.272. The highest BCUT2D eigenvalue weighted by molar-refractivity contribution is 4.81. The van der Waals surface area contributed by atoms with E-state index in [9.17, 15) is 0 Å². The van der Waals surface area contributed by atoms with E-state index in [1.54, 1.807) is 0 Å². The molecule has 6 rings (SSSR count). The Hall–Kier alpha value is -0.360. The fraction of sp³-hybridized carbons (Fsp3) is 1.00. The van der Waals surface area contributed by atoms with E-state index in [1.165, 1.54) is 64.8 Å². The average molecular weight is 472 g/mol. The molecule has 6 heterocycles. The van der Waals surface area contributed by atoms with Gasteiger partial charge in [0.25, 0.3) is 0 Å². The van der Waals surface area contributed by atoms with Gasteiger partial charge in [0.2, 0.25) is 0 Å².